The largest absolute Gasteiger partial charge is 0.489 e. The van der Waals surface area contributed by atoms with Crippen LogP contribution in [0.2, 0.25) is 0 Å². The summed E-state index contributed by atoms with van der Waals surface area (Å²) in [4.78, 5) is 23.9. The van der Waals surface area contributed by atoms with Crippen LogP contribution in [0, 0.1) is 13.8 Å². The van der Waals surface area contributed by atoms with Crippen LogP contribution < -0.4 is 15.4 Å². The molecular weight excluding hydrogens is 334 g/mol. The molecule has 0 unspecified atom stereocenters. The van der Waals surface area contributed by atoms with Crippen LogP contribution in [0.4, 0.5) is 0 Å². The first kappa shape index (κ1) is 19.5. The average Bonchev–Trinajstić information content (AvgIpc) is 2.88. The molecule has 1 aromatic carbocycles. The van der Waals surface area contributed by atoms with Gasteiger partial charge in [0.05, 0.1) is 17.8 Å². The summed E-state index contributed by atoms with van der Waals surface area (Å²) >= 11 is 0. The van der Waals surface area contributed by atoms with Gasteiger partial charge in [0.1, 0.15) is 18.1 Å². The molecule has 0 spiro atoms. The lowest BCUT2D eigenvalue weighted by Gasteiger charge is -2.20. The molecular formula is C19H25N3O4. The Labute approximate surface area is 153 Å². The molecule has 7 nitrogen and oxygen atoms in total. The highest BCUT2D eigenvalue weighted by molar-refractivity contribution is 5.96. The number of rotatable bonds is 6. The lowest BCUT2D eigenvalue weighted by molar-refractivity contribution is -0.121. The molecule has 1 heterocycles. The number of carbonyl (C=O) groups excluding carboxylic acids is 2. The molecule has 26 heavy (non-hydrogen) atoms. The molecule has 1 aromatic heterocycles. The molecule has 0 fully saturated rings. The number of amides is 2. The van der Waals surface area contributed by atoms with E-state index in [1.165, 1.54) is 0 Å². The summed E-state index contributed by atoms with van der Waals surface area (Å²) in [6.45, 7) is 9.62. The summed E-state index contributed by atoms with van der Waals surface area (Å²) < 4.78 is 10.8. The van der Waals surface area contributed by atoms with Crippen LogP contribution in [0.1, 0.15) is 48.1 Å². The Bertz CT molecular complexity index is 754. The quantitative estimate of drug-likeness (QED) is 0.827. The molecule has 0 atom stereocenters. The molecule has 2 N–H and O–H groups in total. The number of ether oxygens (including phenoxy) is 1. The van der Waals surface area contributed by atoms with Crippen molar-refractivity contribution in [3.63, 3.8) is 0 Å². The number of aryl methyl sites for hydroxylation is 2. The number of nitrogens with one attached hydrogen (secondary N) is 2. The van der Waals surface area contributed by atoms with Gasteiger partial charge in [0.15, 0.2) is 0 Å². The van der Waals surface area contributed by atoms with E-state index in [9.17, 15) is 9.59 Å². The van der Waals surface area contributed by atoms with Crippen LogP contribution in [0.5, 0.6) is 5.75 Å². The van der Waals surface area contributed by atoms with Gasteiger partial charge in [-0.2, -0.15) is 0 Å². The number of hydrogen-bond donors (Lipinski definition) is 2. The first-order valence-corrected chi connectivity index (χ1v) is 8.39. The Balaban J connectivity index is 1.86. The highest BCUT2D eigenvalue weighted by Gasteiger charge is 2.15. The van der Waals surface area contributed by atoms with Gasteiger partial charge in [-0.05, 0) is 58.9 Å². The van der Waals surface area contributed by atoms with E-state index in [-0.39, 0.29) is 23.9 Å². The standard InChI is InChI=1S/C19H25N3O4/c1-12-16(13(2)26-22-12)11-25-15-8-6-14(7-9-15)18(24)20-10-17(23)21-19(3,4)5/h6-9H,10-11H2,1-5H3,(H,20,24)(H,21,23). The minimum atomic E-state index is -0.331. The van der Waals surface area contributed by atoms with Crippen molar-refractivity contribution in [2.45, 2.75) is 46.8 Å². The van der Waals surface area contributed by atoms with Crippen LogP contribution in [0.3, 0.4) is 0 Å². The van der Waals surface area contributed by atoms with Crippen molar-refractivity contribution < 1.29 is 18.8 Å². The van der Waals surface area contributed by atoms with Gasteiger partial charge in [0.2, 0.25) is 5.91 Å². The van der Waals surface area contributed by atoms with E-state index in [1.54, 1.807) is 24.3 Å². The molecule has 0 aliphatic carbocycles. The topological polar surface area (TPSA) is 93.5 Å². The second kappa shape index (κ2) is 8.03. The second-order valence-corrected chi connectivity index (χ2v) is 7.10. The SMILES string of the molecule is Cc1noc(C)c1COc1ccc(C(=O)NCC(=O)NC(C)(C)C)cc1. The normalized spacial score (nSPS) is 11.1. The van der Waals surface area contributed by atoms with E-state index in [1.807, 2.05) is 34.6 Å². The van der Waals surface area contributed by atoms with E-state index in [2.05, 4.69) is 15.8 Å². The van der Waals surface area contributed by atoms with Crippen molar-refractivity contribution in [3.05, 3.63) is 46.8 Å². The molecule has 0 saturated heterocycles. The fourth-order valence-corrected chi connectivity index (χ4v) is 2.29. The zero-order valence-corrected chi connectivity index (χ0v) is 15.8. The van der Waals surface area contributed by atoms with Gasteiger partial charge in [-0.1, -0.05) is 5.16 Å². The Hall–Kier alpha value is -2.83. The number of nitrogens with zero attached hydrogens (tertiary/aromatic N) is 1. The van der Waals surface area contributed by atoms with Crippen LogP contribution >= 0.6 is 0 Å². The fourth-order valence-electron chi connectivity index (χ4n) is 2.29. The minimum absolute atomic E-state index is 0.0690. The maximum absolute atomic E-state index is 12.1. The van der Waals surface area contributed by atoms with E-state index < -0.39 is 0 Å². The Morgan fingerprint density at radius 1 is 1.15 bits per heavy atom. The van der Waals surface area contributed by atoms with Crippen molar-refractivity contribution in [2.24, 2.45) is 0 Å². The van der Waals surface area contributed by atoms with Crippen molar-refractivity contribution in [3.8, 4) is 5.75 Å². The summed E-state index contributed by atoms with van der Waals surface area (Å²) in [5, 5.41) is 9.27. The van der Waals surface area contributed by atoms with Gasteiger partial charge >= 0.3 is 0 Å². The fraction of sp³-hybridized carbons (Fsp3) is 0.421. The van der Waals surface area contributed by atoms with E-state index in [0.29, 0.717) is 17.9 Å². The van der Waals surface area contributed by atoms with Gasteiger partial charge in [-0.3, -0.25) is 9.59 Å². The molecule has 140 valence electrons. The van der Waals surface area contributed by atoms with Crippen molar-refractivity contribution in [2.75, 3.05) is 6.54 Å². The molecule has 0 saturated carbocycles. The van der Waals surface area contributed by atoms with Crippen molar-refractivity contribution >= 4 is 11.8 Å². The zero-order chi connectivity index (χ0) is 19.3. The zero-order valence-electron chi connectivity index (χ0n) is 15.8. The minimum Gasteiger partial charge on any atom is -0.489 e. The third kappa shape index (κ3) is 5.61. The summed E-state index contributed by atoms with van der Waals surface area (Å²) in [6, 6.07) is 6.73. The highest BCUT2D eigenvalue weighted by Crippen LogP contribution is 2.17. The predicted octanol–water partition coefficient (Wildman–Crippen LogP) is 2.51. The van der Waals surface area contributed by atoms with Crippen LogP contribution in [0.15, 0.2) is 28.8 Å². The number of aromatic nitrogens is 1. The Kier molecular flexibility index (Phi) is 6.02. The number of benzene rings is 1. The van der Waals surface area contributed by atoms with E-state index in [0.717, 1.165) is 17.0 Å². The van der Waals surface area contributed by atoms with Gasteiger partial charge in [0.25, 0.3) is 5.91 Å². The molecule has 0 aliphatic rings. The first-order valence-electron chi connectivity index (χ1n) is 8.39. The maximum Gasteiger partial charge on any atom is 0.251 e. The highest BCUT2D eigenvalue weighted by atomic mass is 16.5. The first-order chi connectivity index (χ1) is 12.2. The third-order valence-corrected chi connectivity index (χ3v) is 3.60. The average molecular weight is 359 g/mol. The number of hydrogen-bond acceptors (Lipinski definition) is 5. The summed E-state index contributed by atoms with van der Waals surface area (Å²) in [5.41, 5.74) is 1.84. The lowest BCUT2D eigenvalue weighted by atomic mass is 10.1. The molecule has 0 aliphatic heterocycles. The van der Waals surface area contributed by atoms with E-state index >= 15 is 0 Å². The lowest BCUT2D eigenvalue weighted by Crippen LogP contribution is -2.45. The van der Waals surface area contributed by atoms with Gasteiger partial charge < -0.3 is 19.9 Å². The Morgan fingerprint density at radius 3 is 2.35 bits per heavy atom. The molecule has 0 bridgehead atoms. The molecule has 0 radical (unpaired) electrons. The third-order valence-electron chi connectivity index (χ3n) is 3.60. The Morgan fingerprint density at radius 2 is 1.81 bits per heavy atom. The molecule has 2 rings (SSSR count). The van der Waals surface area contributed by atoms with Gasteiger partial charge in [0, 0.05) is 11.1 Å². The summed E-state index contributed by atoms with van der Waals surface area (Å²) in [5.74, 6) is 0.815. The molecule has 2 amide bonds. The monoisotopic (exact) mass is 359 g/mol. The molecule has 2 aromatic rings. The van der Waals surface area contributed by atoms with Crippen molar-refractivity contribution in [1.29, 1.82) is 0 Å². The van der Waals surface area contributed by atoms with Gasteiger partial charge in [-0.15, -0.1) is 0 Å². The maximum atomic E-state index is 12.1. The van der Waals surface area contributed by atoms with Crippen molar-refractivity contribution in [1.82, 2.24) is 15.8 Å². The van der Waals surface area contributed by atoms with Crippen LogP contribution in [0.25, 0.3) is 0 Å². The second-order valence-electron chi connectivity index (χ2n) is 7.10. The van der Waals surface area contributed by atoms with Gasteiger partial charge in [-0.25, -0.2) is 0 Å². The summed E-state index contributed by atoms with van der Waals surface area (Å²) in [7, 11) is 0. The summed E-state index contributed by atoms with van der Waals surface area (Å²) in [6.07, 6.45) is 0. The van der Waals surface area contributed by atoms with E-state index in [4.69, 9.17) is 9.26 Å². The molecule has 7 heteroatoms. The van der Waals surface area contributed by atoms with Crippen LogP contribution in [-0.4, -0.2) is 29.1 Å². The smallest absolute Gasteiger partial charge is 0.251 e. The number of carbonyl (C=O) groups is 2. The predicted molar refractivity (Wildman–Crippen MR) is 97.0 cm³/mol. The van der Waals surface area contributed by atoms with Crippen LogP contribution in [-0.2, 0) is 11.4 Å².